The number of amides is 2. The Balaban J connectivity index is 0.00000225. The van der Waals surface area contributed by atoms with Gasteiger partial charge in [0, 0.05) is 44.0 Å². The molecule has 7 nitrogen and oxygen atoms in total. The first-order valence-electron chi connectivity index (χ1n) is 9.52. The van der Waals surface area contributed by atoms with Crippen molar-refractivity contribution < 1.29 is 9.59 Å². The molecule has 2 fully saturated rings. The predicted molar refractivity (Wildman–Crippen MR) is 111 cm³/mol. The molecule has 9 heteroatoms. The van der Waals surface area contributed by atoms with Crippen LogP contribution in [-0.2, 0) is 10.3 Å². The summed E-state index contributed by atoms with van der Waals surface area (Å²) in [6.45, 7) is 4.14. The average molecular weight is 424 g/mol. The molecule has 0 aromatic carbocycles. The molecule has 0 saturated carbocycles. The zero-order chi connectivity index (χ0) is 18.7. The number of piperidine rings is 1. The topological polar surface area (TPSA) is 70.5 Å². The SMILES string of the molecule is Cl.O=C(c1ccsc1)N1CCCN(C(=O)C2(n3cccn3)CCNCC2)CC1. The zero-order valence-electron chi connectivity index (χ0n) is 15.7. The highest BCUT2D eigenvalue weighted by atomic mass is 35.5. The number of nitrogens with one attached hydrogen (secondary N) is 1. The maximum Gasteiger partial charge on any atom is 0.254 e. The summed E-state index contributed by atoms with van der Waals surface area (Å²) in [5, 5.41) is 11.6. The van der Waals surface area contributed by atoms with Crippen molar-refractivity contribution >= 4 is 35.6 Å². The Labute approximate surface area is 175 Å². The van der Waals surface area contributed by atoms with E-state index < -0.39 is 5.54 Å². The lowest BCUT2D eigenvalue weighted by atomic mass is 9.86. The molecule has 152 valence electrons. The molecule has 4 rings (SSSR count). The quantitative estimate of drug-likeness (QED) is 0.817. The van der Waals surface area contributed by atoms with E-state index >= 15 is 0 Å². The van der Waals surface area contributed by atoms with Crippen molar-refractivity contribution in [3.05, 3.63) is 40.8 Å². The Morgan fingerprint density at radius 2 is 1.86 bits per heavy atom. The minimum absolute atomic E-state index is 0. The number of halogens is 1. The van der Waals surface area contributed by atoms with E-state index in [0.29, 0.717) is 26.2 Å². The van der Waals surface area contributed by atoms with Crippen molar-refractivity contribution in [2.75, 3.05) is 39.3 Å². The largest absolute Gasteiger partial charge is 0.339 e. The molecule has 0 bridgehead atoms. The van der Waals surface area contributed by atoms with Crippen LogP contribution in [0.2, 0.25) is 0 Å². The van der Waals surface area contributed by atoms with Gasteiger partial charge in [0.05, 0.1) is 5.56 Å². The summed E-state index contributed by atoms with van der Waals surface area (Å²) in [4.78, 5) is 30.0. The molecular formula is C19H26ClN5O2S. The van der Waals surface area contributed by atoms with Gasteiger partial charge < -0.3 is 15.1 Å². The first-order valence-corrected chi connectivity index (χ1v) is 10.5. The lowest BCUT2D eigenvalue weighted by molar-refractivity contribution is -0.143. The molecule has 2 aromatic heterocycles. The van der Waals surface area contributed by atoms with E-state index in [9.17, 15) is 9.59 Å². The smallest absolute Gasteiger partial charge is 0.254 e. The van der Waals surface area contributed by atoms with Crippen LogP contribution in [0.1, 0.15) is 29.6 Å². The standard InChI is InChI=1S/C19H25N5O2S.ClH/c25-17(16-3-14-27-15-16)22-9-2-10-23(13-12-22)18(26)19(4-7-20-8-5-19)24-11-1-6-21-24;/h1,3,6,11,14-15,20H,2,4-5,7-10,12-13H2;1H. The lowest BCUT2D eigenvalue weighted by Crippen LogP contribution is -2.56. The fourth-order valence-corrected chi connectivity index (χ4v) is 4.72. The van der Waals surface area contributed by atoms with Crippen molar-refractivity contribution in [3.63, 3.8) is 0 Å². The Morgan fingerprint density at radius 3 is 2.54 bits per heavy atom. The molecule has 2 aliphatic rings. The van der Waals surface area contributed by atoms with Gasteiger partial charge in [-0.3, -0.25) is 14.3 Å². The van der Waals surface area contributed by atoms with Gasteiger partial charge in [0.15, 0.2) is 0 Å². The summed E-state index contributed by atoms with van der Waals surface area (Å²) in [6.07, 6.45) is 5.91. The summed E-state index contributed by atoms with van der Waals surface area (Å²) in [7, 11) is 0. The third-order valence-corrected chi connectivity index (χ3v) is 6.29. The maximum absolute atomic E-state index is 13.6. The van der Waals surface area contributed by atoms with Crippen LogP contribution in [0, 0.1) is 0 Å². The molecule has 0 unspecified atom stereocenters. The summed E-state index contributed by atoms with van der Waals surface area (Å²) < 4.78 is 1.84. The molecule has 28 heavy (non-hydrogen) atoms. The summed E-state index contributed by atoms with van der Waals surface area (Å²) >= 11 is 1.53. The monoisotopic (exact) mass is 423 g/mol. The number of nitrogens with zero attached hydrogens (tertiary/aromatic N) is 4. The Hall–Kier alpha value is -1.90. The Kier molecular flexibility index (Phi) is 6.74. The normalized spacial score (nSPS) is 19.6. The van der Waals surface area contributed by atoms with Gasteiger partial charge in [-0.15, -0.1) is 12.4 Å². The van der Waals surface area contributed by atoms with E-state index in [2.05, 4.69) is 10.4 Å². The van der Waals surface area contributed by atoms with Gasteiger partial charge in [-0.25, -0.2) is 0 Å². The summed E-state index contributed by atoms with van der Waals surface area (Å²) in [5.74, 6) is 0.201. The van der Waals surface area contributed by atoms with Crippen LogP contribution in [-0.4, -0.2) is 70.7 Å². The lowest BCUT2D eigenvalue weighted by Gasteiger charge is -2.40. The highest BCUT2D eigenvalue weighted by Crippen LogP contribution is 2.30. The van der Waals surface area contributed by atoms with Crippen LogP contribution in [0.5, 0.6) is 0 Å². The minimum atomic E-state index is -0.610. The highest BCUT2D eigenvalue weighted by molar-refractivity contribution is 7.08. The van der Waals surface area contributed by atoms with Crippen molar-refractivity contribution in [1.29, 1.82) is 0 Å². The maximum atomic E-state index is 13.6. The fourth-order valence-electron chi connectivity index (χ4n) is 4.09. The number of carbonyl (C=O) groups is 2. The fraction of sp³-hybridized carbons (Fsp3) is 0.526. The van der Waals surface area contributed by atoms with Gasteiger partial charge >= 0.3 is 0 Å². The van der Waals surface area contributed by atoms with Crippen LogP contribution in [0.25, 0.3) is 0 Å². The van der Waals surface area contributed by atoms with E-state index in [-0.39, 0.29) is 24.2 Å². The first-order chi connectivity index (χ1) is 13.2. The molecule has 0 spiro atoms. The molecule has 0 radical (unpaired) electrons. The average Bonchev–Trinajstić information content (AvgIpc) is 3.38. The molecular weight excluding hydrogens is 398 g/mol. The Morgan fingerprint density at radius 1 is 1.11 bits per heavy atom. The second-order valence-corrected chi connectivity index (χ2v) is 7.96. The molecule has 2 amide bonds. The number of hydrogen-bond donors (Lipinski definition) is 1. The number of aromatic nitrogens is 2. The minimum Gasteiger partial charge on any atom is -0.339 e. The van der Waals surface area contributed by atoms with E-state index in [1.54, 1.807) is 6.20 Å². The van der Waals surface area contributed by atoms with Gasteiger partial charge in [0.1, 0.15) is 5.54 Å². The molecule has 0 atom stereocenters. The number of hydrogen-bond acceptors (Lipinski definition) is 5. The zero-order valence-corrected chi connectivity index (χ0v) is 17.4. The van der Waals surface area contributed by atoms with Crippen molar-refractivity contribution in [3.8, 4) is 0 Å². The van der Waals surface area contributed by atoms with Crippen LogP contribution in [0.4, 0.5) is 0 Å². The van der Waals surface area contributed by atoms with E-state index in [1.807, 2.05) is 43.6 Å². The van der Waals surface area contributed by atoms with Crippen molar-refractivity contribution in [2.24, 2.45) is 0 Å². The van der Waals surface area contributed by atoms with Gasteiger partial charge in [-0.05, 0) is 49.9 Å². The third-order valence-electron chi connectivity index (χ3n) is 5.61. The number of thiophene rings is 1. The van der Waals surface area contributed by atoms with Gasteiger partial charge in [-0.1, -0.05) is 0 Å². The second kappa shape index (κ2) is 9.07. The van der Waals surface area contributed by atoms with Gasteiger partial charge in [0.2, 0.25) is 0 Å². The summed E-state index contributed by atoms with van der Waals surface area (Å²) in [6, 6.07) is 3.74. The predicted octanol–water partition coefficient (Wildman–Crippen LogP) is 1.82. The van der Waals surface area contributed by atoms with Crippen LogP contribution >= 0.6 is 23.7 Å². The first kappa shape index (κ1) is 20.8. The van der Waals surface area contributed by atoms with E-state index in [0.717, 1.165) is 37.9 Å². The van der Waals surface area contributed by atoms with Crippen LogP contribution in [0.3, 0.4) is 0 Å². The van der Waals surface area contributed by atoms with Gasteiger partial charge in [0.25, 0.3) is 11.8 Å². The van der Waals surface area contributed by atoms with Crippen molar-refractivity contribution in [2.45, 2.75) is 24.8 Å². The van der Waals surface area contributed by atoms with Crippen LogP contribution in [0.15, 0.2) is 35.3 Å². The van der Waals surface area contributed by atoms with E-state index in [1.165, 1.54) is 11.3 Å². The molecule has 4 heterocycles. The third kappa shape index (κ3) is 3.94. The molecule has 2 saturated heterocycles. The van der Waals surface area contributed by atoms with E-state index in [4.69, 9.17) is 0 Å². The van der Waals surface area contributed by atoms with Crippen LogP contribution < -0.4 is 5.32 Å². The Bertz CT molecular complexity index is 774. The molecule has 0 aliphatic carbocycles. The van der Waals surface area contributed by atoms with Gasteiger partial charge in [-0.2, -0.15) is 16.4 Å². The molecule has 1 N–H and O–H groups in total. The highest BCUT2D eigenvalue weighted by Gasteiger charge is 2.44. The van der Waals surface area contributed by atoms with Crippen molar-refractivity contribution in [1.82, 2.24) is 24.9 Å². The number of rotatable bonds is 3. The molecule has 2 aromatic rings. The second-order valence-electron chi connectivity index (χ2n) is 7.18. The molecule has 2 aliphatic heterocycles. The number of carbonyl (C=O) groups excluding carboxylic acids is 2. The summed E-state index contributed by atoms with van der Waals surface area (Å²) in [5.41, 5.74) is 0.132.